The largest absolute Gasteiger partial charge is 0.496 e. The van der Waals surface area contributed by atoms with Gasteiger partial charge < -0.3 is 25.2 Å². The highest BCUT2D eigenvalue weighted by atomic mass is 16.5. The maximum absolute atomic E-state index is 13.6. The van der Waals surface area contributed by atoms with Crippen molar-refractivity contribution in [3.8, 4) is 5.75 Å². The average molecular weight is 455 g/mol. The van der Waals surface area contributed by atoms with Gasteiger partial charge in [0.15, 0.2) is 0 Å². The Hall–Kier alpha value is -3.10. The van der Waals surface area contributed by atoms with Crippen molar-refractivity contribution in [2.45, 2.75) is 62.7 Å². The molecule has 9 heteroatoms. The molecule has 3 saturated heterocycles. The summed E-state index contributed by atoms with van der Waals surface area (Å²) in [5.41, 5.74) is 0.761. The molecule has 0 spiro atoms. The molecule has 0 radical (unpaired) electrons. The van der Waals surface area contributed by atoms with Crippen molar-refractivity contribution < 1.29 is 23.9 Å². The molecule has 1 aromatic carbocycles. The Bertz CT molecular complexity index is 977. The smallest absolute Gasteiger partial charge is 0.248 e. The SMILES string of the molecule is COc1ccccc1CC(=O)N1CCC2NC(=O)C3CC(NC(=O)C4CCC4)CN3C(=O)C21. The Balaban J connectivity index is 1.31. The van der Waals surface area contributed by atoms with Crippen LogP contribution >= 0.6 is 0 Å². The summed E-state index contributed by atoms with van der Waals surface area (Å²) in [4.78, 5) is 55.3. The highest BCUT2D eigenvalue weighted by molar-refractivity contribution is 5.97. The van der Waals surface area contributed by atoms with Crippen LogP contribution in [0.5, 0.6) is 5.75 Å². The van der Waals surface area contributed by atoms with Gasteiger partial charge in [0.1, 0.15) is 17.8 Å². The van der Waals surface area contributed by atoms with Gasteiger partial charge in [0.2, 0.25) is 23.6 Å². The summed E-state index contributed by atoms with van der Waals surface area (Å²) in [6, 6.07) is 5.38. The minimum atomic E-state index is -0.720. The molecule has 1 aromatic rings. The summed E-state index contributed by atoms with van der Waals surface area (Å²) in [5, 5.41) is 6.03. The van der Waals surface area contributed by atoms with Gasteiger partial charge in [-0.15, -0.1) is 0 Å². The standard InChI is InChI=1S/C24H30N4O5/c1-33-19-8-3-2-5-15(19)11-20(29)27-10-9-17-21(27)24(32)28-13-16(12-18(28)23(31)26-17)25-22(30)14-6-4-7-14/h2-3,5,8,14,16-18,21H,4,6-7,9-13H2,1H3,(H,25,30)(H,26,31). The zero-order valence-electron chi connectivity index (χ0n) is 18.8. The van der Waals surface area contributed by atoms with Crippen LogP contribution in [0.4, 0.5) is 0 Å². The summed E-state index contributed by atoms with van der Waals surface area (Å²) in [6.45, 7) is 0.711. The van der Waals surface area contributed by atoms with Crippen molar-refractivity contribution in [2.24, 2.45) is 5.92 Å². The number of carbonyl (C=O) groups excluding carboxylic acids is 4. The lowest BCUT2D eigenvalue weighted by Gasteiger charge is -2.30. The maximum Gasteiger partial charge on any atom is 0.248 e. The number of para-hydroxylation sites is 1. The number of nitrogens with one attached hydrogen (secondary N) is 2. The third kappa shape index (κ3) is 3.94. The number of rotatable bonds is 5. The van der Waals surface area contributed by atoms with E-state index in [0.29, 0.717) is 31.7 Å². The number of methoxy groups -OCH3 is 1. The molecule has 4 amide bonds. The second-order valence-corrected chi connectivity index (χ2v) is 9.50. The summed E-state index contributed by atoms with van der Waals surface area (Å²) < 4.78 is 5.36. The van der Waals surface area contributed by atoms with Crippen molar-refractivity contribution in [3.05, 3.63) is 29.8 Å². The van der Waals surface area contributed by atoms with E-state index in [1.54, 1.807) is 23.0 Å². The predicted molar refractivity (Wildman–Crippen MR) is 118 cm³/mol. The van der Waals surface area contributed by atoms with Gasteiger partial charge in [0.05, 0.1) is 19.6 Å². The highest BCUT2D eigenvalue weighted by Crippen LogP contribution is 2.31. The molecule has 0 bridgehead atoms. The Morgan fingerprint density at radius 1 is 1.18 bits per heavy atom. The van der Waals surface area contributed by atoms with Crippen molar-refractivity contribution in [1.82, 2.24) is 20.4 Å². The molecular formula is C24H30N4O5. The maximum atomic E-state index is 13.6. The zero-order chi connectivity index (χ0) is 23.1. The lowest BCUT2D eigenvalue weighted by Crippen LogP contribution is -2.53. The minimum Gasteiger partial charge on any atom is -0.496 e. The van der Waals surface area contributed by atoms with Crippen molar-refractivity contribution in [1.29, 1.82) is 0 Å². The van der Waals surface area contributed by atoms with Crippen molar-refractivity contribution in [3.63, 3.8) is 0 Å². The third-order valence-electron chi connectivity index (χ3n) is 7.54. The number of fused-ring (bicyclic) bond motifs is 2. The Morgan fingerprint density at radius 2 is 1.97 bits per heavy atom. The number of benzene rings is 1. The first-order chi connectivity index (χ1) is 16.0. The fraction of sp³-hybridized carbons (Fsp3) is 0.583. The van der Waals surface area contributed by atoms with E-state index in [-0.39, 0.29) is 48.1 Å². The number of hydrogen-bond acceptors (Lipinski definition) is 5. The first-order valence-electron chi connectivity index (χ1n) is 11.8. The van der Waals surface area contributed by atoms with E-state index in [1.165, 1.54) is 0 Å². The second kappa shape index (κ2) is 8.68. The minimum absolute atomic E-state index is 0.0177. The first-order valence-corrected chi connectivity index (χ1v) is 11.8. The van der Waals surface area contributed by atoms with Gasteiger partial charge in [-0.2, -0.15) is 0 Å². The van der Waals surface area contributed by atoms with Crippen LogP contribution in [-0.4, -0.2) is 77.8 Å². The van der Waals surface area contributed by atoms with Gasteiger partial charge in [0.25, 0.3) is 0 Å². The fourth-order valence-electron chi connectivity index (χ4n) is 5.51. The second-order valence-electron chi connectivity index (χ2n) is 9.50. The summed E-state index contributed by atoms with van der Waals surface area (Å²) >= 11 is 0. The normalized spacial score (nSPS) is 29.0. The molecule has 1 aliphatic carbocycles. The number of ether oxygens (including phenoxy) is 1. The van der Waals surface area contributed by atoms with Crippen LogP contribution < -0.4 is 15.4 Å². The van der Waals surface area contributed by atoms with Crippen LogP contribution in [0.15, 0.2) is 24.3 Å². The molecule has 0 aromatic heterocycles. The van der Waals surface area contributed by atoms with E-state index >= 15 is 0 Å². The van der Waals surface area contributed by atoms with Crippen LogP contribution in [0, 0.1) is 5.92 Å². The van der Waals surface area contributed by atoms with Gasteiger partial charge in [-0.1, -0.05) is 24.6 Å². The van der Waals surface area contributed by atoms with Crippen LogP contribution in [0.3, 0.4) is 0 Å². The molecule has 176 valence electrons. The summed E-state index contributed by atoms with van der Waals surface area (Å²) in [5.74, 6) is 0.125. The molecule has 33 heavy (non-hydrogen) atoms. The monoisotopic (exact) mass is 454 g/mol. The number of nitrogens with zero attached hydrogens (tertiary/aromatic N) is 2. The Labute approximate surface area is 192 Å². The van der Waals surface area contributed by atoms with E-state index in [4.69, 9.17) is 4.74 Å². The molecule has 4 fully saturated rings. The fourth-order valence-corrected chi connectivity index (χ4v) is 5.51. The van der Waals surface area contributed by atoms with Crippen LogP contribution in [0.25, 0.3) is 0 Å². The molecule has 4 unspecified atom stereocenters. The predicted octanol–water partition coefficient (Wildman–Crippen LogP) is 0.223. The molecule has 4 aliphatic rings. The topological polar surface area (TPSA) is 108 Å². The molecule has 1 saturated carbocycles. The van der Waals surface area contributed by atoms with Crippen LogP contribution in [0.1, 0.15) is 37.7 Å². The molecule has 4 atom stereocenters. The average Bonchev–Trinajstić information content (AvgIpc) is 3.34. The van der Waals surface area contributed by atoms with Gasteiger partial charge in [-0.3, -0.25) is 19.2 Å². The van der Waals surface area contributed by atoms with Gasteiger partial charge in [-0.05, 0) is 31.7 Å². The van der Waals surface area contributed by atoms with Crippen LogP contribution in [-0.2, 0) is 25.6 Å². The number of hydrogen-bond donors (Lipinski definition) is 2. The number of carbonyl (C=O) groups is 4. The number of amides is 4. The molecule has 3 heterocycles. The van der Waals surface area contributed by atoms with E-state index in [2.05, 4.69) is 10.6 Å². The van der Waals surface area contributed by atoms with Gasteiger partial charge >= 0.3 is 0 Å². The summed E-state index contributed by atoms with van der Waals surface area (Å²) in [6.07, 6.45) is 3.95. The molecular weight excluding hydrogens is 424 g/mol. The Kier molecular flexibility index (Phi) is 5.72. The van der Waals surface area contributed by atoms with E-state index in [1.807, 2.05) is 18.2 Å². The summed E-state index contributed by atoms with van der Waals surface area (Å²) in [7, 11) is 1.56. The molecule has 9 nitrogen and oxygen atoms in total. The van der Waals surface area contributed by atoms with Crippen molar-refractivity contribution >= 4 is 23.6 Å². The molecule has 2 N–H and O–H groups in total. The molecule has 3 aliphatic heterocycles. The lowest BCUT2D eigenvalue weighted by molar-refractivity contribution is -0.144. The van der Waals surface area contributed by atoms with Crippen LogP contribution in [0.2, 0.25) is 0 Å². The quantitative estimate of drug-likeness (QED) is 0.662. The highest BCUT2D eigenvalue weighted by Gasteiger charge is 2.52. The molecule has 5 rings (SSSR count). The first kappa shape index (κ1) is 21.7. The lowest BCUT2D eigenvalue weighted by atomic mass is 9.84. The van der Waals surface area contributed by atoms with E-state index in [0.717, 1.165) is 24.8 Å². The van der Waals surface area contributed by atoms with Crippen molar-refractivity contribution in [2.75, 3.05) is 20.2 Å². The van der Waals surface area contributed by atoms with Gasteiger partial charge in [0, 0.05) is 30.6 Å². The zero-order valence-corrected chi connectivity index (χ0v) is 18.8. The Morgan fingerprint density at radius 3 is 2.70 bits per heavy atom. The van der Waals surface area contributed by atoms with E-state index in [9.17, 15) is 19.2 Å². The third-order valence-corrected chi connectivity index (χ3v) is 7.54. The van der Waals surface area contributed by atoms with Gasteiger partial charge in [-0.25, -0.2) is 0 Å². The van der Waals surface area contributed by atoms with E-state index < -0.39 is 12.1 Å². The number of likely N-dealkylation sites (tertiary alicyclic amines) is 1.